The van der Waals surface area contributed by atoms with E-state index in [-0.39, 0.29) is 17.5 Å². The van der Waals surface area contributed by atoms with Gasteiger partial charge in [0.2, 0.25) is 5.91 Å². The molecule has 3 nitrogen and oxygen atoms in total. The Bertz CT molecular complexity index is 304. The maximum absolute atomic E-state index is 12.1. The molecule has 0 radical (unpaired) electrons. The summed E-state index contributed by atoms with van der Waals surface area (Å²) in [6.07, 6.45) is 6.18. The van der Waals surface area contributed by atoms with Crippen molar-refractivity contribution in [1.29, 1.82) is 0 Å². The van der Waals surface area contributed by atoms with Gasteiger partial charge in [-0.2, -0.15) is 0 Å². The van der Waals surface area contributed by atoms with Crippen LogP contribution in [-0.2, 0) is 4.79 Å². The zero-order valence-electron chi connectivity index (χ0n) is 13.6. The average molecular weight is 268 g/mol. The first-order chi connectivity index (χ1) is 8.59. The second-order valence-electron chi connectivity index (χ2n) is 7.92. The van der Waals surface area contributed by atoms with Gasteiger partial charge < -0.3 is 10.6 Å². The van der Waals surface area contributed by atoms with E-state index in [9.17, 15) is 4.79 Å². The van der Waals surface area contributed by atoms with Crippen LogP contribution in [0.5, 0.6) is 0 Å². The quantitative estimate of drug-likeness (QED) is 0.772. The minimum atomic E-state index is -0.154. The van der Waals surface area contributed by atoms with E-state index in [1.165, 1.54) is 32.1 Å². The Kier molecular flexibility index (Phi) is 5.43. The number of carbonyl (C=O) groups is 1. The van der Waals surface area contributed by atoms with Crippen molar-refractivity contribution in [2.24, 2.45) is 5.41 Å². The molecule has 1 amide bonds. The number of rotatable bonds is 3. The molecule has 1 fully saturated rings. The van der Waals surface area contributed by atoms with E-state index in [4.69, 9.17) is 0 Å². The summed E-state index contributed by atoms with van der Waals surface area (Å²) >= 11 is 0. The van der Waals surface area contributed by atoms with Gasteiger partial charge in [0.15, 0.2) is 0 Å². The van der Waals surface area contributed by atoms with Crippen LogP contribution in [0.1, 0.15) is 73.6 Å². The van der Waals surface area contributed by atoms with Crippen LogP contribution in [0.3, 0.4) is 0 Å². The van der Waals surface area contributed by atoms with Crippen LogP contribution in [0.15, 0.2) is 0 Å². The van der Waals surface area contributed by atoms with E-state index in [0.29, 0.717) is 11.5 Å². The highest BCUT2D eigenvalue weighted by Crippen LogP contribution is 2.33. The smallest absolute Gasteiger partial charge is 0.237 e. The molecule has 1 aliphatic rings. The molecule has 3 heteroatoms. The fourth-order valence-electron chi connectivity index (χ4n) is 2.74. The molecule has 0 spiro atoms. The van der Waals surface area contributed by atoms with E-state index < -0.39 is 0 Å². The van der Waals surface area contributed by atoms with Gasteiger partial charge in [-0.15, -0.1) is 0 Å². The fourth-order valence-corrected chi connectivity index (χ4v) is 2.74. The van der Waals surface area contributed by atoms with Gasteiger partial charge in [-0.25, -0.2) is 0 Å². The minimum Gasteiger partial charge on any atom is -0.350 e. The van der Waals surface area contributed by atoms with Crippen LogP contribution in [0.4, 0.5) is 0 Å². The Hall–Kier alpha value is -0.570. The summed E-state index contributed by atoms with van der Waals surface area (Å²) in [6, 6.07) is 0.382. The summed E-state index contributed by atoms with van der Waals surface area (Å²) in [6.45, 7) is 12.7. The first kappa shape index (κ1) is 16.5. The molecular weight excluding hydrogens is 236 g/mol. The lowest BCUT2D eigenvalue weighted by atomic mass is 9.85. The molecule has 0 aliphatic heterocycles. The minimum absolute atomic E-state index is 0.106. The largest absolute Gasteiger partial charge is 0.350 e. The van der Waals surface area contributed by atoms with E-state index in [0.717, 1.165) is 0 Å². The fraction of sp³-hybridized carbons (Fsp3) is 0.938. The lowest BCUT2D eigenvalue weighted by molar-refractivity contribution is -0.124. The normalized spacial score (nSPS) is 25.5. The number of hydrogen-bond acceptors (Lipinski definition) is 2. The molecule has 0 heterocycles. The van der Waals surface area contributed by atoms with Gasteiger partial charge in [-0.1, -0.05) is 20.3 Å². The van der Waals surface area contributed by atoms with Crippen molar-refractivity contribution in [2.75, 3.05) is 0 Å². The molecule has 0 aromatic rings. The lowest BCUT2D eigenvalue weighted by Crippen LogP contribution is -2.51. The predicted molar refractivity (Wildman–Crippen MR) is 81.1 cm³/mol. The molecule has 0 aromatic heterocycles. The van der Waals surface area contributed by atoms with Crippen molar-refractivity contribution in [2.45, 2.75) is 91.3 Å². The van der Waals surface area contributed by atoms with E-state index >= 15 is 0 Å². The Morgan fingerprint density at radius 2 is 1.84 bits per heavy atom. The third-order valence-corrected chi connectivity index (χ3v) is 3.95. The number of nitrogens with one attached hydrogen (secondary N) is 2. The SMILES string of the molecule is CC(NC1CCCC(C)(C)CC1)C(=O)NC(C)(C)C. The number of carbonyl (C=O) groups excluding carboxylic acids is 1. The Morgan fingerprint density at radius 3 is 2.42 bits per heavy atom. The molecule has 1 saturated carbocycles. The van der Waals surface area contributed by atoms with E-state index in [2.05, 4.69) is 24.5 Å². The molecule has 1 rings (SSSR count). The second kappa shape index (κ2) is 6.25. The Morgan fingerprint density at radius 1 is 1.21 bits per heavy atom. The van der Waals surface area contributed by atoms with Gasteiger partial charge in [0.25, 0.3) is 0 Å². The molecule has 0 aromatic carbocycles. The standard InChI is InChI=1S/C16H32N2O/c1-12(14(19)18-15(2,3)4)17-13-8-7-10-16(5,6)11-9-13/h12-13,17H,7-11H2,1-6H3,(H,18,19). The van der Waals surface area contributed by atoms with Gasteiger partial charge in [0.1, 0.15) is 0 Å². The number of amides is 1. The topological polar surface area (TPSA) is 41.1 Å². The highest BCUT2D eigenvalue weighted by Gasteiger charge is 2.27. The van der Waals surface area contributed by atoms with Gasteiger partial charge in [-0.05, 0) is 58.8 Å². The van der Waals surface area contributed by atoms with Crippen LogP contribution in [-0.4, -0.2) is 23.5 Å². The van der Waals surface area contributed by atoms with Crippen molar-refractivity contribution in [3.8, 4) is 0 Å². The number of hydrogen-bond donors (Lipinski definition) is 2. The van der Waals surface area contributed by atoms with Crippen LogP contribution in [0.25, 0.3) is 0 Å². The van der Waals surface area contributed by atoms with Crippen molar-refractivity contribution < 1.29 is 4.79 Å². The summed E-state index contributed by atoms with van der Waals surface area (Å²) in [7, 11) is 0. The van der Waals surface area contributed by atoms with Crippen LogP contribution < -0.4 is 10.6 Å². The molecule has 2 atom stereocenters. The van der Waals surface area contributed by atoms with Crippen LogP contribution in [0, 0.1) is 5.41 Å². The first-order valence-electron chi connectivity index (χ1n) is 7.67. The van der Waals surface area contributed by atoms with Crippen molar-refractivity contribution in [3.63, 3.8) is 0 Å². The van der Waals surface area contributed by atoms with E-state index in [1.54, 1.807) is 0 Å². The van der Waals surface area contributed by atoms with Gasteiger partial charge in [0.05, 0.1) is 6.04 Å². The van der Waals surface area contributed by atoms with Gasteiger partial charge in [-0.3, -0.25) is 4.79 Å². The van der Waals surface area contributed by atoms with Crippen molar-refractivity contribution in [1.82, 2.24) is 10.6 Å². The van der Waals surface area contributed by atoms with Crippen LogP contribution in [0.2, 0.25) is 0 Å². The summed E-state index contributed by atoms with van der Waals surface area (Å²) in [4.78, 5) is 12.1. The Balaban J connectivity index is 2.44. The molecule has 112 valence electrons. The highest BCUT2D eigenvalue weighted by atomic mass is 16.2. The monoisotopic (exact) mass is 268 g/mol. The summed E-state index contributed by atoms with van der Waals surface area (Å²) in [5, 5.41) is 6.55. The first-order valence-corrected chi connectivity index (χ1v) is 7.67. The molecular formula is C16H32N2O. The zero-order valence-corrected chi connectivity index (χ0v) is 13.6. The molecule has 2 unspecified atom stereocenters. The summed E-state index contributed by atoms with van der Waals surface area (Å²) < 4.78 is 0. The molecule has 0 bridgehead atoms. The summed E-state index contributed by atoms with van der Waals surface area (Å²) in [5.74, 6) is 0.107. The Labute approximate surface area is 118 Å². The average Bonchev–Trinajstić information content (AvgIpc) is 2.38. The van der Waals surface area contributed by atoms with Crippen molar-refractivity contribution >= 4 is 5.91 Å². The van der Waals surface area contributed by atoms with Crippen LogP contribution >= 0.6 is 0 Å². The van der Waals surface area contributed by atoms with Gasteiger partial charge in [0, 0.05) is 11.6 Å². The third kappa shape index (κ3) is 6.42. The van der Waals surface area contributed by atoms with Crippen molar-refractivity contribution in [3.05, 3.63) is 0 Å². The second-order valence-corrected chi connectivity index (χ2v) is 7.92. The van der Waals surface area contributed by atoms with Gasteiger partial charge >= 0.3 is 0 Å². The molecule has 1 aliphatic carbocycles. The summed E-state index contributed by atoms with van der Waals surface area (Å²) in [5.41, 5.74) is 0.311. The molecule has 0 saturated heterocycles. The highest BCUT2D eigenvalue weighted by molar-refractivity contribution is 5.81. The maximum Gasteiger partial charge on any atom is 0.237 e. The predicted octanol–water partition coefficient (Wildman–Crippen LogP) is 3.24. The zero-order chi connectivity index (χ0) is 14.7. The lowest BCUT2D eigenvalue weighted by Gasteiger charge is -2.27. The maximum atomic E-state index is 12.1. The molecule has 19 heavy (non-hydrogen) atoms. The third-order valence-electron chi connectivity index (χ3n) is 3.95. The van der Waals surface area contributed by atoms with E-state index in [1.807, 2.05) is 27.7 Å². The molecule has 2 N–H and O–H groups in total.